The van der Waals surface area contributed by atoms with Crippen molar-refractivity contribution in [1.82, 2.24) is 5.32 Å². The molecule has 2 rings (SSSR count). The van der Waals surface area contributed by atoms with Gasteiger partial charge in [-0.05, 0) is 49.0 Å². The Hall–Kier alpha value is -1.35. The molecular formula is C16H24N2O. The molecule has 2 N–H and O–H groups in total. The number of carbonyl (C=O) groups is 1. The molecule has 104 valence electrons. The van der Waals surface area contributed by atoms with Gasteiger partial charge in [0.15, 0.2) is 0 Å². The van der Waals surface area contributed by atoms with E-state index in [0.29, 0.717) is 0 Å². The van der Waals surface area contributed by atoms with Crippen LogP contribution in [-0.4, -0.2) is 19.0 Å². The lowest BCUT2D eigenvalue weighted by molar-refractivity contribution is -0.120. The maximum Gasteiger partial charge on any atom is 0.227 e. The molecule has 1 saturated heterocycles. The summed E-state index contributed by atoms with van der Waals surface area (Å²) in [5.74, 6) is 0.313. The van der Waals surface area contributed by atoms with E-state index in [2.05, 4.69) is 43.5 Å². The minimum Gasteiger partial charge on any atom is -0.326 e. The van der Waals surface area contributed by atoms with Crippen molar-refractivity contribution in [3.8, 4) is 0 Å². The summed E-state index contributed by atoms with van der Waals surface area (Å²) in [6.07, 6.45) is 1.87. The Morgan fingerprint density at radius 3 is 2.26 bits per heavy atom. The first-order valence-electron chi connectivity index (χ1n) is 7.09. The first-order valence-corrected chi connectivity index (χ1v) is 7.09. The largest absolute Gasteiger partial charge is 0.326 e. The van der Waals surface area contributed by atoms with Crippen LogP contribution in [0.5, 0.6) is 0 Å². The van der Waals surface area contributed by atoms with E-state index in [0.717, 1.165) is 31.6 Å². The van der Waals surface area contributed by atoms with E-state index in [9.17, 15) is 4.79 Å². The second-order valence-electron chi connectivity index (χ2n) is 6.34. The molecule has 0 radical (unpaired) electrons. The fourth-order valence-corrected chi connectivity index (χ4v) is 2.38. The highest BCUT2D eigenvalue weighted by molar-refractivity contribution is 5.92. The highest BCUT2D eigenvalue weighted by atomic mass is 16.1. The summed E-state index contributed by atoms with van der Waals surface area (Å²) in [6.45, 7) is 8.46. The monoisotopic (exact) mass is 260 g/mol. The topological polar surface area (TPSA) is 41.1 Å². The van der Waals surface area contributed by atoms with Crippen molar-refractivity contribution in [1.29, 1.82) is 0 Å². The summed E-state index contributed by atoms with van der Waals surface area (Å²) in [6, 6.07) is 8.19. The van der Waals surface area contributed by atoms with Gasteiger partial charge in [0, 0.05) is 11.6 Å². The van der Waals surface area contributed by atoms with Gasteiger partial charge in [-0.3, -0.25) is 4.79 Å². The fourth-order valence-electron chi connectivity index (χ4n) is 2.38. The molecule has 1 aromatic carbocycles. The van der Waals surface area contributed by atoms with E-state index < -0.39 is 0 Å². The second kappa shape index (κ2) is 5.74. The number of hydrogen-bond donors (Lipinski definition) is 2. The molecule has 1 amide bonds. The van der Waals surface area contributed by atoms with E-state index in [1.54, 1.807) is 0 Å². The molecule has 0 bridgehead atoms. The van der Waals surface area contributed by atoms with Gasteiger partial charge in [0.05, 0.1) is 0 Å². The van der Waals surface area contributed by atoms with E-state index in [-0.39, 0.29) is 17.2 Å². The van der Waals surface area contributed by atoms with Crippen molar-refractivity contribution in [3.63, 3.8) is 0 Å². The summed E-state index contributed by atoms with van der Waals surface area (Å²) in [7, 11) is 0. The van der Waals surface area contributed by atoms with E-state index in [1.807, 2.05) is 12.1 Å². The maximum atomic E-state index is 12.1. The Morgan fingerprint density at radius 1 is 1.16 bits per heavy atom. The summed E-state index contributed by atoms with van der Waals surface area (Å²) >= 11 is 0. The molecule has 1 aliphatic rings. The zero-order chi connectivity index (χ0) is 13.9. The minimum atomic E-state index is 0.150. The summed E-state index contributed by atoms with van der Waals surface area (Å²) in [5, 5.41) is 6.30. The average Bonchev–Trinajstić information content (AvgIpc) is 2.39. The lowest BCUT2D eigenvalue weighted by Crippen LogP contribution is -2.34. The number of benzene rings is 1. The van der Waals surface area contributed by atoms with Crippen LogP contribution >= 0.6 is 0 Å². The number of amides is 1. The van der Waals surface area contributed by atoms with E-state index in [4.69, 9.17) is 0 Å². The van der Waals surface area contributed by atoms with Gasteiger partial charge in [-0.1, -0.05) is 32.9 Å². The van der Waals surface area contributed by atoms with Gasteiger partial charge in [0.25, 0.3) is 0 Å². The zero-order valence-electron chi connectivity index (χ0n) is 12.1. The number of rotatable bonds is 2. The van der Waals surface area contributed by atoms with Crippen molar-refractivity contribution >= 4 is 11.6 Å². The van der Waals surface area contributed by atoms with Gasteiger partial charge in [-0.15, -0.1) is 0 Å². The number of piperidine rings is 1. The Kier molecular flexibility index (Phi) is 4.25. The van der Waals surface area contributed by atoms with E-state index in [1.165, 1.54) is 5.56 Å². The van der Waals surface area contributed by atoms with Crippen LogP contribution < -0.4 is 10.6 Å². The maximum absolute atomic E-state index is 12.1. The van der Waals surface area contributed by atoms with Crippen LogP contribution in [0.25, 0.3) is 0 Å². The third-order valence-corrected chi connectivity index (χ3v) is 3.73. The molecule has 1 aromatic rings. The first kappa shape index (κ1) is 14.1. The highest BCUT2D eigenvalue weighted by Crippen LogP contribution is 2.24. The van der Waals surface area contributed by atoms with Crippen LogP contribution in [-0.2, 0) is 10.2 Å². The first-order chi connectivity index (χ1) is 8.97. The SMILES string of the molecule is CC(C)(C)c1ccc(NC(=O)C2CCNCC2)cc1. The predicted molar refractivity (Wildman–Crippen MR) is 79.4 cm³/mol. The highest BCUT2D eigenvalue weighted by Gasteiger charge is 2.21. The second-order valence-corrected chi connectivity index (χ2v) is 6.34. The Balaban J connectivity index is 1.97. The van der Waals surface area contributed by atoms with Gasteiger partial charge in [-0.25, -0.2) is 0 Å². The van der Waals surface area contributed by atoms with Gasteiger partial charge in [-0.2, -0.15) is 0 Å². The van der Waals surface area contributed by atoms with Crippen LogP contribution in [0, 0.1) is 5.92 Å². The number of anilines is 1. The van der Waals surface area contributed by atoms with Crippen molar-refractivity contribution in [2.24, 2.45) is 5.92 Å². The number of hydrogen-bond acceptors (Lipinski definition) is 2. The molecule has 0 atom stereocenters. The molecule has 1 heterocycles. The van der Waals surface area contributed by atoms with Crippen LogP contribution in [0.15, 0.2) is 24.3 Å². The molecule has 1 aliphatic heterocycles. The summed E-state index contributed by atoms with van der Waals surface area (Å²) in [5.41, 5.74) is 2.33. The predicted octanol–water partition coefficient (Wildman–Crippen LogP) is 2.92. The van der Waals surface area contributed by atoms with Crippen molar-refractivity contribution < 1.29 is 4.79 Å². The van der Waals surface area contributed by atoms with Crippen molar-refractivity contribution in [2.45, 2.75) is 39.0 Å². The van der Waals surface area contributed by atoms with Crippen molar-refractivity contribution in [2.75, 3.05) is 18.4 Å². The van der Waals surface area contributed by atoms with Crippen molar-refractivity contribution in [3.05, 3.63) is 29.8 Å². The lowest BCUT2D eigenvalue weighted by Gasteiger charge is -2.22. The molecule has 0 unspecified atom stereocenters. The fraction of sp³-hybridized carbons (Fsp3) is 0.562. The summed E-state index contributed by atoms with van der Waals surface area (Å²) in [4.78, 5) is 12.1. The minimum absolute atomic E-state index is 0.150. The molecular weight excluding hydrogens is 236 g/mol. The molecule has 0 saturated carbocycles. The van der Waals surface area contributed by atoms with Gasteiger partial charge < -0.3 is 10.6 Å². The number of carbonyl (C=O) groups excluding carboxylic acids is 1. The molecule has 0 aliphatic carbocycles. The third kappa shape index (κ3) is 3.80. The van der Waals surface area contributed by atoms with Gasteiger partial charge >= 0.3 is 0 Å². The Labute approximate surface area is 115 Å². The normalized spacial score (nSPS) is 17.2. The lowest BCUT2D eigenvalue weighted by atomic mass is 9.87. The van der Waals surface area contributed by atoms with Crippen LogP contribution in [0.1, 0.15) is 39.2 Å². The van der Waals surface area contributed by atoms with Crippen LogP contribution in [0.3, 0.4) is 0 Å². The Morgan fingerprint density at radius 2 is 1.74 bits per heavy atom. The van der Waals surface area contributed by atoms with Gasteiger partial charge in [0.2, 0.25) is 5.91 Å². The summed E-state index contributed by atoms with van der Waals surface area (Å²) < 4.78 is 0. The zero-order valence-corrected chi connectivity index (χ0v) is 12.1. The average molecular weight is 260 g/mol. The molecule has 3 nitrogen and oxygen atoms in total. The van der Waals surface area contributed by atoms with Gasteiger partial charge in [0.1, 0.15) is 0 Å². The Bertz CT molecular complexity index is 425. The quantitative estimate of drug-likeness (QED) is 0.858. The van der Waals surface area contributed by atoms with Crippen LogP contribution in [0.2, 0.25) is 0 Å². The molecule has 3 heteroatoms. The molecule has 0 spiro atoms. The standard InChI is InChI=1S/C16H24N2O/c1-16(2,3)13-4-6-14(7-5-13)18-15(19)12-8-10-17-11-9-12/h4-7,12,17H,8-11H2,1-3H3,(H,18,19). The van der Waals surface area contributed by atoms with Crippen LogP contribution in [0.4, 0.5) is 5.69 Å². The third-order valence-electron chi connectivity index (χ3n) is 3.73. The van der Waals surface area contributed by atoms with E-state index >= 15 is 0 Å². The molecule has 1 fully saturated rings. The molecule has 0 aromatic heterocycles. The molecule has 19 heavy (non-hydrogen) atoms. The smallest absolute Gasteiger partial charge is 0.227 e. The number of nitrogens with one attached hydrogen (secondary N) is 2.